The number of hydrogen-bond donors (Lipinski definition) is 1. The third-order valence-electron chi connectivity index (χ3n) is 3.99. The molecule has 4 nitrogen and oxygen atoms in total. The van der Waals surface area contributed by atoms with Gasteiger partial charge in [-0.3, -0.25) is 0 Å². The normalized spacial score (nSPS) is 16.1. The summed E-state index contributed by atoms with van der Waals surface area (Å²) >= 11 is 0. The lowest BCUT2D eigenvalue weighted by molar-refractivity contribution is 0.0602. The van der Waals surface area contributed by atoms with E-state index in [0.29, 0.717) is 17.3 Å². The number of benzene rings is 1. The molecule has 0 bridgehead atoms. The van der Waals surface area contributed by atoms with E-state index in [1.165, 1.54) is 39.2 Å². The standard InChI is InChI=1S/C15H22N2O2/c1-17(11-7-4-3-5-8-11)13-10-6-9-12(14(13)16)15(18)19-2/h6,9-11H,3-5,7-8,16H2,1-2H3. The smallest absolute Gasteiger partial charge is 0.340 e. The van der Waals surface area contributed by atoms with Gasteiger partial charge in [-0.15, -0.1) is 0 Å². The van der Waals surface area contributed by atoms with Crippen molar-refractivity contribution in [1.82, 2.24) is 0 Å². The molecule has 0 spiro atoms. The Morgan fingerprint density at radius 2 is 2.00 bits per heavy atom. The van der Waals surface area contributed by atoms with Crippen LogP contribution < -0.4 is 10.6 Å². The highest BCUT2D eigenvalue weighted by atomic mass is 16.5. The summed E-state index contributed by atoms with van der Waals surface area (Å²) in [6, 6.07) is 6.05. The summed E-state index contributed by atoms with van der Waals surface area (Å²) in [6.07, 6.45) is 6.25. The summed E-state index contributed by atoms with van der Waals surface area (Å²) in [6.45, 7) is 0. The van der Waals surface area contributed by atoms with Gasteiger partial charge in [0, 0.05) is 13.1 Å². The van der Waals surface area contributed by atoms with Gasteiger partial charge >= 0.3 is 5.97 Å². The van der Waals surface area contributed by atoms with Crippen molar-refractivity contribution in [2.75, 3.05) is 24.8 Å². The second-order valence-electron chi connectivity index (χ2n) is 5.13. The Morgan fingerprint density at radius 1 is 1.32 bits per heavy atom. The fourth-order valence-electron chi connectivity index (χ4n) is 2.81. The van der Waals surface area contributed by atoms with Crippen LogP contribution in [0, 0.1) is 0 Å². The molecular weight excluding hydrogens is 240 g/mol. The third-order valence-corrected chi connectivity index (χ3v) is 3.99. The van der Waals surface area contributed by atoms with Crippen LogP contribution >= 0.6 is 0 Å². The number of nitrogens with zero attached hydrogens (tertiary/aromatic N) is 1. The number of hydrogen-bond acceptors (Lipinski definition) is 4. The lowest BCUT2D eigenvalue weighted by Crippen LogP contribution is -2.34. The van der Waals surface area contributed by atoms with Crippen molar-refractivity contribution < 1.29 is 9.53 Å². The number of anilines is 2. The minimum atomic E-state index is -0.378. The number of esters is 1. The Balaban J connectivity index is 2.26. The second-order valence-corrected chi connectivity index (χ2v) is 5.13. The maximum Gasteiger partial charge on any atom is 0.340 e. The molecule has 0 radical (unpaired) electrons. The predicted molar refractivity (Wildman–Crippen MR) is 77.5 cm³/mol. The lowest BCUT2D eigenvalue weighted by Gasteiger charge is -2.34. The number of nitrogens with two attached hydrogens (primary N) is 1. The number of methoxy groups -OCH3 is 1. The minimum Gasteiger partial charge on any atom is -0.465 e. The Morgan fingerprint density at radius 3 is 2.63 bits per heavy atom. The van der Waals surface area contributed by atoms with Crippen LogP contribution in [-0.2, 0) is 4.74 Å². The molecule has 1 aromatic carbocycles. The fourth-order valence-corrected chi connectivity index (χ4v) is 2.81. The first-order valence-electron chi connectivity index (χ1n) is 6.84. The van der Waals surface area contributed by atoms with Crippen LogP contribution in [0.5, 0.6) is 0 Å². The Kier molecular flexibility index (Phi) is 4.30. The molecule has 4 heteroatoms. The van der Waals surface area contributed by atoms with Gasteiger partial charge in [0.2, 0.25) is 0 Å². The van der Waals surface area contributed by atoms with Crippen molar-refractivity contribution in [3.8, 4) is 0 Å². The van der Waals surface area contributed by atoms with Crippen LogP contribution in [0.4, 0.5) is 11.4 Å². The highest BCUT2D eigenvalue weighted by Crippen LogP contribution is 2.31. The van der Waals surface area contributed by atoms with Gasteiger partial charge in [-0.25, -0.2) is 4.79 Å². The molecule has 104 valence electrons. The average Bonchev–Trinajstić information content (AvgIpc) is 2.47. The van der Waals surface area contributed by atoms with Crippen LogP contribution in [0.3, 0.4) is 0 Å². The Bertz CT molecular complexity index is 453. The van der Waals surface area contributed by atoms with E-state index in [1.54, 1.807) is 6.07 Å². The highest BCUT2D eigenvalue weighted by molar-refractivity contribution is 5.98. The zero-order valence-electron chi connectivity index (χ0n) is 11.7. The third kappa shape index (κ3) is 2.83. The van der Waals surface area contributed by atoms with E-state index in [0.717, 1.165) is 5.69 Å². The van der Waals surface area contributed by atoms with E-state index >= 15 is 0 Å². The molecule has 1 aromatic rings. The van der Waals surface area contributed by atoms with Gasteiger partial charge in [0.15, 0.2) is 0 Å². The molecule has 1 aliphatic rings. The summed E-state index contributed by atoms with van der Waals surface area (Å²) in [5, 5.41) is 0. The van der Waals surface area contributed by atoms with Crippen LogP contribution in [0.15, 0.2) is 18.2 Å². The highest BCUT2D eigenvalue weighted by Gasteiger charge is 2.21. The van der Waals surface area contributed by atoms with Gasteiger partial charge in [-0.05, 0) is 25.0 Å². The average molecular weight is 262 g/mol. The zero-order chi connectivity index (χ0) is 13.8. The molecule has 1 aliphatic carbocycles. The SMILES string of the molecule is COC(=O)c1cccc(N(C)C2CCCCC2)c1N. The maximum atomic E-state index is 11.7. The van der Waals surface area contributed by atoms with Gasteiger partial charge in [0.25, 0.3) is 0 Å². The molecule has 1 saturated carbocycles. The van der Waals surface area contributed by atoms with E-state index in [-0.39, 0.29) is 5.97 Å². The van der Waals surface area contributed by atoms with E-state index in [1.807, 2.05) is 12.1 Å². The van der Waals surface area contributed by atoms with Crippen molar-refractivity contribution in [1.29, 1.82) is 0 Å². The van der Waals surface area contributed by atoms with E-state index < -0.39 is 0 Å². The van der Waals surface area contributed by atoms with E-state index in [4.69, 9.17) is 10.5 Å². The van der Waals surface area contributed by atoms with Crippen LogP contribution in [-0.4, -0.2) is 26.2 Å². The molecule has 2 N–H and O–H groups in total. The minimum absolute atomic E-state index is 0.378. The first-order valence-corrected chi connectivity index (χ1v) is 6.84. The first-order chi connectivity index (χ1) is 9.15. The van der Waals surface area contributed by atoms with E-state index in [2.05, 4.69) is 11.9 Å². The fraction of sp³-hybridized carbons (Fsp3) is 0.533. The maximum absolute atomic E-state index is 11.7. The molecule has 19 heavy (non-hydrogen) atoms. The van der Waals surface area contributed by atoms with Crippen molar-refractivity contribution in [3.63, 3.8) is 0 Å². The Labute approximate surface area is 114 Å². The molecule has 0 saturated heterocycles. The van der Waals surface area contributed by atoms with Gasteiger partial charge in [-0.2, -0.15) is 0 Å². The van der Waals surface area contributed by atoms with Gasteiger partial charge in [0.05, 0.1) is 24.0 Å². The molecule has 2 rings (SSSR count). The molecule has 0 unspecified atom stereocenters. The topological polar surface area (TPSA) is 55.6 Å². The van der Waals surface area contributed by atoms with Gasteiger partial charge in [-0.1, -0.05) is 25.3 Å². The number of ether oxygens (including phenoxy) is 1. The number of carbonyl (C=O) groups is 1. The van der Waals surface area contributed by atoms with Crippen molar-refractivity contribution >= 4 is 17.3 Å². The summed E-state index contributed by atoms with van der Waals surface area (Å²) in [7, 11) is 3.43. The summed E-state index contributed by atoms with van der Waals surface area (Å²) < 4.78 is 4.76. The molecule has 0 heterocycles. The van der Waals surface area contributed by atoms with Crippen molar-refractivity contribution in [2.24, 2.45) is 0 Å². The zero-order valence-corrected chi connectivity index (χ0v) is 11.7. The van der Waals surface area contributed by atoms with Gasteiger partial charge in [0.1, 0.15) is 0 Å². The molecule has 0 aromatic heterocycles. The van der Waals surface area contributed by atoms with Crippen molar-refractivity contribution in [3.05, 3.63) is 23.8 Å². The molecule has 0 aliphatic heterocycles. The molecule has 0 amide bonds. The molecule has 1 fully saturated rings. The van der Waals surface area contributed by atoms with Crippen LogP contribution in [0.2, 0.25) is 0 Å². The summed E-state index contributed by atoms with van der Waals surface area (Å²) in [4.78, 5) is 13.9. The van der Waals surface area contributed by atoms with Crippen LogP contribution in [0.1, 0.15) is 42.5 Å². The monoisotopic (exact) mass is 262 g/mol. The Hall–Kier alpha value is -1.71. The van der Waals surface area contributed by atoms with Crippen LogP contribution in [0.25, 0.3) is 0 Å². The number of para-hydroxylation sites is 1. The molecule has 0 atom stereocenters. The number of nitrogen functional groups attached to an aromatic ring is 1. The van der Waals surface area contributed by atoms with Crippen molar-refractivity contribution in [2.45, 2.75) is 38.1 Å². The predicted octanol–water partition coefficient (Wildman–Crippen LogP) is 2.82. The number of rotatable bonds is 3. The molecular formula is C15H22N2O2. The summed E-state index contributed by atoms with van der Waals surface area (Å²) in [5.74, 6) is -0.378. The van der Waals surface area contributed by atoms with E-state index in [9.17, 15) is 4.79 Å². The second kappa shape index (κ2) is 5.95. The number of carbonyl (C=O) groups excluding carboxylic acids is 1. The van der Waals surface area contributed by atoms with Gasteiger partial charge < -0.3 is 15.4 Å². The quantitative estimate of drug-likeness (QED) is 0.672. The largest absolute Gasteiger partial charge is 0.465 e. The first kappa shape index (κ1) is 13.7. The lowest BCUT2D eigenvalue weighted by atomic mass is 9.94. The summed E-state index contributed by atoms with van der Waals surface area (Å²) in [5.41, 5.74) is 8.01.